The Morgan fingerprint density at radius 3 is 2.50 bits per heavy atom. The summed E-state index contributed by atoms with van der Waals surface area (Å²) < 4.78 is 23.4. The van der Waals surface area contributed by atoms with Crippen molar-refractivity contribution in [3.05, 3.63) is 0 Å². The summed E-state index contributed by atoms with van der Waals surface area (Å²) in [6, 6.07) is 0.383. The molecule has 1 saturated heterocycles. The molecule has 0 aromatic rings. The molecule has 4 nitrogen and oxygen atoms in total. The van der Waals surface area contributed by atoms with E-state index >= 15 is 0 Å². The fourth-order valence-corrected chi connectivity index (χ4v) is 4.81. The van der Waals surface area contributed by atoms with Crippen molar-refractivity contribution in [1.29, 1.82) is 0 Å². The minimum Gasteiger partial charge on any atom is -0.388 e. The first-order valence-electron chi connectivity index (χ1n) is 6.84. The maximum Gasteiger partial charge on any atom is 0.150 e. The molecule has 0 spiro atoms. The van der Waals surface area contributed by atoms with Gasteiger partial charge < -0.3 is 10.0 Å². The van der Waals surface area contributed by atoms with Crippen LogP contribution in [0.3, 0.4) is 0 Å². The molecule has 0 bridgehead atoms. The van der Waals surface area contributed by atoms with E-state index in [0.717, 1.165) is 25.7 Å². The molecule has 2 rings (SSSR count). The second-order valence-corrected chi connectivity index (χ2v) is 8.71. The molecule has 1 heterocycles. The lowest BCUT2D eigenvalue weighted by Crippen LogP contribution is -2.44. The summed E-state index contributed by atoms with van der Waals surface area (Å²) in [6.07, 6.45) is 5.37. The van der Waals surface area contributed by atoms with E-state index in [9.17, 15) is 13.5 Å². The molecular weight excluding hydrogens is 250 g/mol. The van der Waals surface area contributed by atoms with Crippen molar-refractivity contribution in [3.63, 3.8) is 0 Å². The molecule has 1 aliphatic heterocycles. The maximum atomic E-state index is 11.7. The van der Waals surface area contributed by atoms with Crippen LogP contribution in [0.2, 0.25) is 0 Å². The van der Waals surface area contributed by atoms with Crippen molar-refractivity contribution >= 4 is 9.84 Å². The number of nitrogens with zero attached hydrogens (tertiary/aromatic N) is 1. The number of rotatable bonds is 2. The lowest BCUT2D eigenvalue weighted by molar-refractivity contribution is -0.0216. The number of aliphatic hydroxyl groups is 1. The number of likely N-dealkylation sites (tertiary alicyclic amines) is 1. The smallest absolute Gasteiger partial charge is 0.150 e. The number of β-amino-alcohol motifs (C(OH)–C–C–N with tert-alkyl or cyclic N) is 1. The summed E-state index contributed by atoms with van der Waals surface area (Å²) >= 11 is 0. The van der Waals surface area contributed by atoms with Gasteiger partial charge in [-0.25, -0.2) is 8.42 Å². The molecule has 5 heteroatoms. The minimum atomic E-state index is -2.97. The Kier molecular flexibility index (Phi) is 3.78. The Hall–Kier alpha value is -0.130. The van der Waals surface area contributed by atoms with Gasteiger partial charge in [0.1, 0.15) is 9.84 Å². The standard InChI is InChI=1S/C13H25NO3S/c1-10-8-13(15,9-14(10)2)11-5-4-6-12(7-11)18(3,16)17/h10-12,15H,4-9H2,1-3H3. The SMILES string of the molecule is CC1CC(O)(C2CCCC(S(C)(=O)=O)C2)CN1C. The largest absolute Gasteiger partial charge is 0.388 e. The predicted molar refractivity (Wildman–Crippen MR) is 72.2 cm³/mol. The monoisotopic (exact) mass is 275 g/mol. The number of sulfone groups is 1. The lowest BCUT2D eigenvalue weighted by atomic mass is 9.75. The van der Waals surface area contributed by atoms with Gasteiger partial charge in [0.15, 0.2) is 0 Å². The van der Waals surface area contributed by atoms with Crippen molar-refractivity contribution in [1.82, 2.24) is 4.90 Å². The molecule has 106 valence electrons. The van der Waals surface area contributed by atoms with Crippen LogP contribution >= 0.6 is 0 Å². The molecule has 0 aromatic heterocycles. The van der Waals surface area contributed by atoms with Crippen LogP contribution in [0.1, 0.15) is 39.0 Å². The fourth-order valence-electron chi connectivity index (χ4n) is 3.64. The minimum absolute atomic E-state index is 0.137. The van der Waals surface area contributed by atoms with Gasteiger partial charge in [-0.05, 0) is 45.6 Å². The quantitative estimate of drug-likeness (QED) is 0.818. The van der Waals surface area contributed by atoms with Crippen LogP contribution < -0.4 is 0 Å². The van der Waals surface area contributed by atoms with Crippen LogP contribution in [0.4, 0.5) is 0 Å². The molecule has 4 atom stereocenters. The van der Waals surface area contributed by atoms with E-state index in [1.165, 1.54) is 6.26 Å². The topological polar surface area (TPSA) is 57.6 Å². The van der Waals surface area contributed by atoms with Gasteiger partial charge in [-0.2, -0.15) is 0 Å². The van der Waals surface area contributed by atoms with Crippen LogP contribution in [0.5, 0.6) is 0 Å². The third-order valence-electron chi connectivity index (χ3n) is 4.92. The highest BCUT2D eigenvalue weighted by Crippen LogP contribution is 2.41. The average molecular weight is 275 g/mol. The Morgan fingerprint density at radius 2 is 2.00 bits per heavy atom. The van der Waals surface area contributed by atoms with Gasteiger partial charge in [0.05, 0.1) is 10.9 Å². The predicted octanol–water partition coefficient (Wildman–Crippen LogP) is 1.04. The van der Waals surface area contributed by atoms with Crippen LogP contribution in [0, 0.1) is 5.92 Å². The van der Waals surface area contributed by atoms with E-state index in [-0.39, 0.29) is 11.2 Å². The molecule has 0 radical (unpaired) electrons. The molecule has 1 aliphatic carbocycles. The van der Waals surface area contributed by atoms with E-state index in [4.69, 9.17) is 0 Å². The number of hydrogen-bond donors (Lipinski definition) is 1. The zero-order chi connectivity index (χ0) is 13.6. The zero-order valence-corrected chi connectivity index (χ0v) is 12.4. The van der Waals surface area contributed by atoms with Crippen molar-refractivity contribution in [2.75, 3.05) is 19.8 Å². The van der Waals surface area contributed by atoms with Gasteiger partial charge in [0, 0.05) is 18.8 Å². The third kappa shape index (κ3) is 2.73. The summed E-state index contributed by atoms with van der Waals surface area (Å²) in [7, 11) is -0.940. The Bertz CT molecular complexity index is 396. The molecule has 1 N–H and O–H groups in total. The molecule has 2 fully saturated rings. The molecule has 0 amide bonds. The highest BCUT2D eigenvalue weighted by atomic mass is 32.2. The second-order valence-electron chi connectivity index (χ2n) is 6.39. The molecule has 1 saturated carbocycles. The first-order valence-corrected chi connectivity index (χ1v) is 8.79. The van der Waals surface area contributed by atoms with Gasteiger partial charge in [0.2, 0.25) is 0 Å². The highest BCUT2D eigenvalue weighted by molar-refractivity contribution is 7.91. The lowest BCUT2D eigenvalue weighted by Gasteiger charge is -2.38. The van der Waals surface area contributed by atoms with Gasteiger partial charge in [-0.1, -0.05) is 6.42 Å². The van der Waals surface area contributed by atoms with E-state index in [0.29, 0.717) is 19.0 Å². The molecule has 4 unspecified atom stereocenters. The van der Waals surface area contributed by atoms with E-state index in [1.807, 2.05) is 7.05 Å². The van der Waals surface area contributed by atoms with Crippen molar-refractivity contribution < 1.29 is 13.5 Å². The third-order valence-corrected chi connectivity index (χ3v) is 6.56. The van der Waals surface area contributed by atoms with E-state index in [2.05, 4.69) is 11.8 Å². The van der Waals surface area contributed by atoms with Crippen LogP contribution in [-0.4, -0.2) is 55.2 Å². The number of hydrogen-bond acceptors (Lipinski definition) is 4. The van der Waals surface area contributed by atoms with Gasteiger partial charge in [0.25, 0.3) is 0 Å². The molecule has 0 aromatic carbocycles. The molecule has 18 heavy (non-hydrogen) atoms. The second kappa shape index (κ2) is 4.76. The van der Waals surface area contributed by atoms with Gasteiger partial charge in [-0.3, -0.25) is 0 Å². The van der Waals surface area contributed by atoms with Gasteiger partial charge in [-0.15, -0.1) is 0 Å². The highest BCUT2D eigenvalue weighted by Gasteiger charge is 2.47. The number of likely N-dealkylation sites (N-methyl/N-ethyl adjacent to an activating group) is 1. The summed E-state index contributed by atoms with van der Waals surface area (Å²) in [6.45, 7) is 2.80. The first-order chi connectivity index (χ1) is 8.22. The van der Waals surface area contributed by atoms with E-state index < -0.39 is 15.4 Å². The van der Waals surface area contributed by atoms with Crippen molar-refractivity contribution in [3.8, 4) is 0 Å². The average Bonchev–Trinajstić information content (AvgIpc) is 2.53. The van der Waals surface area contributed by atoms with Crippen LogP contribution in [0.25, 0.3) is 0 Å². The van der Waals surface area contributed by atoms with Crippen molar-refractivity contribution in [2.24, 2.45) is 5.92 Å². The van der Waals surface area contributed by atoms with Crippen LogP contribution in [0.15, 0.2) is 0 Å². The fraction of sp³-hybridized carbons (Fsp3) is 1.00. The normalized spacial score (nSPS) is 43.2. The van der Waals surface area contributed by atoms with E-state index in [1.54, 1.807) is 0 Å². The Morgan fingerprint density at radius 1 is 1.33 bits per heavy atom. The Balaban J connectivity index is 2.10. The summed E-state index contributed by atoms with van der Waals surface area (Å²) in [5.41, 5.74) is -0.683. The van der Waals surface area contributed by atoms with Gasteiger partial charge >= 0.3 is 0 Å². The van der Waals surface area contributed by atoms with Crippen LogP contribution in [-0.2, 0) is 9.84 Å². The summed E-state index contributed by atoms with van der Waals surface area (Å²) in [5, 5.41) is 10.6. The Labute approximate surface area is 110 Å². The van der Waals surface area contributed by atoms with Crippen molar-refractivity contribution in [2.45, 2.75) is 55.9 Å². The summed E-state index contributed by atoms with van der Waals surface area (Å²) in [4.78, 5) is 2.17. The summed E-state index contributed by atoms with van der Waals surface area (Å²) in [5.74, 6) is 0.137. The molecule has 2 aliphatic rings. The maximum absolute atomic E-state index is 11.7. The first kappa shape index (κ1) is 14.3. The molecular formula is C13H25NO3S. The zero-order valence-electron chi connectivity index (χ0n) is 11.6.